The zero-order valence-electron chi connectivity index (χ0n) is 16.0. The Kier molecular flexibility index (Phi) is 10.1. The van der Waals surface area contributed by atoms with Gasteiger partial charge < -0.3 is 10.2 Å². The molecule has 0 aromatic heterocycles. The number of nitrogens with one attached hydrogen (secondary N) is 1. The first-order valence-corrected chi connectivity index (χ1v) is 9.13. The van der Waals surface area contributed by atoms with E-state index in [0.717, 1.165) is 45.1 Å². The maximum Gasteiger partial charge on any atom is 0.193 e. The monoisotopic (exact) mass is 456 g/mol. The van der Waals surface area contributed by atoms with E-state index in [-0.39, 0.29) is 24.0 Å². The molecule has 2 rings (SSSR count). The van der Waals surface area contributed by atoms with Gasteiger partial charge in [0.25, 0.3) is 0 Å². The zero-order valence-corrected chi connectivity index (χ0v) is 18.4. The van der Waals surface area contributed by atoms with Gasteiger partial charge in [0.1, 0.15) is 0 Å². The Hall–Kier alpha value is -1.08. The highest BCUT2D eigenvalue weighted by atomic mass is 127. The van der Waals surface area contributed by atoms with E-state index in [1.807, 2.05) is 7.05 Å². The van der Waals surface area contributed by atoms with Crippen molar-refractivity contribution in [2.75, 3.05) is 39.8 Å². The first kappa shape index (κ1) is 22.0. The summed E-state index contributed by atoms with van der Waals surface area (Å²) in [4.78, 5) is 9.27. The lowest BCUT2D eigenvalue weighted by Crippen LogP contribution is -2.48. The third kappa shape index (κ3) is 6.29. The van der Waals surface area contributed by atoms with Crippen molar-refractivity contribution in [3.8, 4) is 0 Å². The van der Waals surface area contributed by atoms with Gasteiger partial charge in [-0.25, -0.2) is 0 Å². The molecule has 1 aliphatic rings. The summed E-state index contributed by atoms with van der Waals surface area (Å²) < 4.78 is 0. The summed E-state index contributed by atoms with van der Waals surface area (Å²) in [6.07, 6.45) is 3.40. The molecule has 1 atom stereocenters. The van der Waals surface area contributed by atoms with Gasteiger partial charge in [0.05, 0.1) is 0 Å². The normalized spacial score (nSPS) is 16.3. The molecule has 1 aliphatic heterocycles. The van der Waals surface area contributed by atoms with Crippen LogP contribution in [0.3, 0.4) is 0 Å². The molecule has 0 spiro atoms. The molecule has 1 aromatic rings. The standard InChI is InChI=1S/C20H32N4.HI/c1-5-23(6-2)17(3)16-22-20(21-4)24-14-12-19(13-15-24)18-10-8-7-9-11-18;/h7-12,17H,5-6,13-16H2,1-4H3,(H,21,22);1H. The van der Waals surface area contributed by atoms with Crippen molar-refractivity contribution < 1.29 is 0 Å². The van der Waals surface area contributed by atoms with Crippen LogP contribution in [0.15, 0.2) is 41.4 Å². The second-order valence-corrected chi connectivity index (χ2v) is 6.29. The van der Waals surface area contributed by atoms with E-state index in [2.05, 4.69) is 77.3 Å². The minimum absolute atomic E-state index is 0. The first-order valence-electron chi connectivity index (χ1n) is 9.13. The maximum atomic E-state index is 4.48. The molecule has 25 heavy (non-hydrogen) atoms. The molecular weight excluding hydrogens is 423 g/mol. The fraction of sp³-hybridized carbons (Fsp3) is 0.550. The fourth-order valence-electron chi connectivity index (χ4n) is 3.32. The molecule has 0 aliphatic carbocycles. The van der Waals surface area contributed by atoms with Crippen molar-refractivity contribution >= 4 is 35.5 Å². The van der Waals surface area contributed by atoms with Crippen LogP contribution in [0.25, 0.3) is 5.57 Å². The molecule has 1 aromatic carbocycles. The molecule has 0 fully saturated rings. The number of benzene rings is 1. The lowest BCUT2D eigenvalue weighted by atomic mass is 10.00. The molecule has 0 radical (unpaired) electrons. The molecule has 4 nitrogen and oxygen atoms in total. The van der Waals surface area contributed by atoms with Gasteiger partial charge in [0.15, 0.2) is 5.96 Å². The summed E-state index contributed by atoms with van der Waals surface area (Å²) in [5, 5.41) is 3.55. The van der Waals surface area contributed by atoms with Gasteiger partial charge in [-0.1, -0.05) is 50.3 Å². The molecular formula is C20H33IN4. The third-order valence-electron chi connectivity index (χ3n) is 4.86. The van der Waals surface area contributed by atoms with Crippen molar-refractivity contribution in [2.24, 2.45) is 4.99 Å². The number of halogens is 1. The molecule has 0 saturated heterocycles. The highest BCUT2D eigenvalue weighted by Gasteiger charge is 2.17. The Morgan fingerprint density at radius 3 is 2.44 bits per heavy atom. The minimum Gasteiger partial charge on any atom is -0.355 e. The second kappa shape index (κ2) is 11.5. The molecule has 1 heterocycles. The number of rotatable bonds is 6. The van der Waals surface area contributed by atoms with Gasteiger partial charge in [-0.05, 0) is 37.6 Å². The van der Waals surface area contributed by atoms with Crippen LogP contribution in [0, 0.1) is 0 Å². The molecule has 0 amide bonds. The van der Waals surface area contributed by atoms with E-state index in [0.29, 0.717) is 6.04 Å². The SMILES string of the molecule is CCN(CC)C(C)CNC(=NC)N1CC=C(c2ccccc2)CC1.I. The van der Waals surface area contributed by atoms with E-state index < -0.39 is 0 Å². The van der Waals surface area contributed by atoms with Crippen molar-refractivity contribution in [1.29, 1.82) is 0 Å². The molecule has 5 heteroatoms. The van der Waals surface area contributed by atoms with E-state index in [1.54, 1.807) is 0 Å². The zero-order chi connectivity index (χ0) is 17.4. The van der Waals surface area contributed by atoms with E-state index in [1.165, 1.54) is 11.1 Å². The van der Waals surface area contributed by atoms with Gasteiger partial charge in [-0.3, -0.25) is 9.89 Å². The topological polar surface area (TPSA) is 30.9 Å². The third-order valence-corrected chi connectivity index (χ3v) is 4.86. The Balaban J connectivity index is 0.00000312. The van der Waals surface area contributed by atoms with E-state index in [4.69, 9.17) is 0 Å². The van der Waals surface area contributed by atoms with E-state index >= 15 is 0 Å². The summed E-state index contributed by atoms with van der Waals surface area (Å²) in [6.45, 7) is 11.8. The molecule has 1 N–H and O–H groups in total. The summed E-state index contributed by atoms with van der Waals surface area (Å²) in [7, 11) is 1.88. The Bertz CT molecular complexity index is 552. The number of hydrogen-bond donors (Lipinski definition) is 1. The van der Waals surface area contributed by atoms with Crippen molar-refractivity contribution in [3.05, 3.63) is 42.0 Å². The van der Waals surface area contributed by atoms with Gasteiger partial charge in [0.2, 0.25) is 0 Å². The van der Waals surface area contributed by atoms with Gasteiger partial charge in [0, 0.05) is 32.7 Å². The van der Waals surface area contributed by atoms with Gasteiger partial charge in [-0.15, -0.1) is 24.0 Å². The second-order valence-electron chi connectivity index (χ2n) is 6.29. The number of likely N-dealkylation sites (N-methyl/N-ethyl adjacent to an activating group) is 1. The first-order chi connectivity index (χ1) is 11.7. The lowest BCUT2D eigenvalue weighted by Gasteiger charge is -2.32. The van der Waals surface area contributed by atoms with Gasteiger partial charge in [-0.2, -0.15) is 0 Å². The molecule has 1 unspecified atom stereocenters. The van der Waals surface area contributed by atoms with Crippen molar-refractivity contribution in [3.63, 3.8) is 0 Å². The van der Waals surface area contributed by atoms with Crippen LogP contribution in [0.4, 0.5) is 0 Å². The van der Waals surface area contributed by atoms with Gasteiger partial charge >= 0.3 is 0 Å². The summed E-state index contributed by atoms with van der Waals surface area (Å²) in [6, 6.07) is 11.2. The number of guanidine groups is 1. The molecule has 140 valence electrons. The van der Waals surface area contributed by atoms with Crippen LogP contribution in [0.5, 0.6) is 0 Å². The predicted octanol–water partition coefficient (Wildman–Crippen LogP) is 3.70. The summed E-state index contributed by atoms with van der Waals surface area (Å²) >= 11 is 0. The Labute approximate surface area is 170 Å². The van der Waals surface area contributed by atoms with Crippen LogP contribution >= 0.6 is 24.0 Å². The average Bonchev–Trinajstić information content (AvgIpc) is 2.64. The van der Waals surface area contributed by atoms with Crippen LogP contribution in [0.2, 0.25) is 0 Å². The molecule has 0 saturated carbocycles. The highest BCUT2D eigenvalue weighted by Crippen LogP contribution is 2.21. The lowest BCUT2D eigenvalue weighted by molar-refractivity contribution is 0.230. The quantitative estimate of drug-likeness (QED) is 0.403. The van der Waals surface area contributed by atoms with Crippen LogP contribution < -0.4 is 5.32 Å². The Morgan fingerprint density at radius 1 is 1.24 bits per heavy atom. The molecule has 0 bridgehead atoms. The average molecular weight is 456 g/mol. The predicted molar refractivity (Wildman–Crippen MR) is 120 cm³/mol. The number of aliphatic imine (C=N–C) groups is 1. The summed E-state index contributed by atoms with van der Waals surface area (Å²) in [5.74, 6) is 1.01. The highest BCUT2D eigenvalue weighted by molar-refractivity contribution is 14.0. The van der Waals surface area contributed by atoms with Crippen LogP contribution in [-0.2, 0) is 0 Å². The van der Waals surface area contributed by atoms with Crippen molar-refractivity contribution in [2.45, 2.75) is 33.2 Å². The van der Waals surface area contributed by atoms with E-state index in [9.17, 15) is 0 Å². The fourth-order valence-corrected chi connectivity index (χ4v) is 3.32. The largest absolute Gasteiger partial charge is 0.355 e. The summed E-state index contributed by atoms with van der Waals surface area (Å²) in [5.41, 5.74) is 2.79. The van der Waals surface area contributed by atoms with Crippen LogP contribution in [-0.4, -0.2) is 61.6 Å². The maximum absolute atomic E-state index is 4.48. The minimum atomic E-state index is 0. The van der Waals surface area contributed by atoms with Crippen molar-refractivity contribution in [1.82, 2.24) is 15.1 Å². The Morgan fingerprint density at radius 2 is 1.92 bits per heavy atom. The number of nitrogens with zero attached hydrogens (tertiary/aromatic N) is 3. The number of hydrogen-bond acceptors (Lipinski definition) is 2. The van der Waals surface area contributed by atoms with Crippen LogP contribution in [0.1, 0.15) is 32.8 Å². The smallest absolute Gasteiger partial charge is 0.193 e.